The number of halogens is 1. The van der Waals surface area contributed by atoms with Gasteiger partial charge in [0.1, 0.15) is 6.04 Å². The summed E-state index contributed by atoms with van der Waals surface area (Å²) in [6.07, 6.45) is 1.54. The minimum Gasteiger partial charge on any atom is -0.480 e. The van der Waals surface area contributed by atoms with Crippen LogP contribution in [0.1, 0.15) is 6.92 Å². The van der Waals surface area contributed by atoms with Gasteiger partial charge in [-0.25, -0.2) is 4.98 Å². The van der Waals surface area contributed by atoms with Crippen molar-refractivity contribution in [3.8, 4) is 0 Å². The Hall–Kier alpha value is -1.29. The molecule has 0 aromatic carbocycles. The van der Waals surface area contributed by atoms with Gasteiger partial charge in [-0.15, -0.1) is 0 Å². The molecule has 0 aliphatic carbocycles. The maximum Gasteiger partial charge on any atom is 0.325 e. The van der Waals surface area contributed by atoms with Gasteiger partial charge in [0.25, 0.3) is 0 Å². The van der Waals surface area contributed by atoms with Gasteiger partial charge >= 0.3 is 5.97 Å². The van der Waals surface area contributed by atoms with Crippen LogP contribution in [-0.2, 0) is 4.79 Å². The van der Waals surface area contributed by atoms with Crippen molar-refractivity contribution in [1.29, 1.82) is 0 Å². The molecule has 1 aromatic heterocycles. The molecular weight excluding hydrogens is 192 g/mol. The van der Waals surface area contributed by atoms with Crippen molar-refractivity contribution >= 4 is 23.3 Å². The van der Waals surface area contributed by atoms with Gasteiger partial charge in [-0.05, 0) is 19.1 Å². The summed E-state index contributed by atoms with van der Waals surface area (Å²) in [5.74, 6) is -0.931. The molecule has 1 unspecified atom stereocenters. The summed E-state index contributed by atoms with van der Waals surface area (Å²) < 4.78 is 0. The van der Waals surface area contributed by atoms with Crippen LogP contribution < -0.4 is 5.32 Å². The van der Waals surface area contributed by atoms with Crippen molar-refractivity contribution in [2.75, 3.05) is 5.32 Å². The van der Waals surface area contributed by atoms with E-state index in [4.69, 9.17) is 16.7 Å². The van der Waals surface area contributed by atoms with Crippen LogP contribution in [0, 0.1) is 0 Å². The molecule has 0 saturated heterocycles. The van der Waals surface area contributed by atoms with Crippen LogP contribution in [0.3, 0.4) is 0 Å². The predicted molar refractivity (Wildman–Crippen MR) is 50.0 cm³/mol. The molecule has 0 aliphatic rings. The van der Waals surface area contributed by atoms with E-state index < -0.39 is 12.0 Å². The number of carboxylic acids is 1. The van der Waals surface area contributed by atoms with Crippen molar-refractivity contribution in [3.05, 3.63) is 23.5 Å². The molecule has 70 valence electrons. The third kappa shape index (κ3) is 2.59. The van der Waals surface area contributed by atoms with Gasteiger partial charge in [0, 0.05) is 6.20 Å². The fourth-order valence-electron chi connectivity index (χ4n) is 0.789. The molecule has 1 aromatic rings. The number of anilines is 1. The summed E-state index contributed by atoms with van der Waals surface area (Å²) >= 11 is 5.71. The minimum atomic E-state index is -0.931. The molecule has 13 heavy (non-hydrogen) atoms. The largest absolute Gasteiger partial charge is 0.480 e. The van der Waals surface area contributed by atoms with Crippen molar-refractivity contribution in [1.82, 2.24) is 4.98 Å². The van der Waals surface area contributed by atoms with Gasteiger partial charge in [0.05, 0.1) is 5.69 Å². The van der Waals surface area contributed by atoms with Gasteiger partial charge in [-0.3, -0.25) is 4.79 Å². The van der Waals surface area contributed by atoms with E-state index in [-0.39, 0.29) is 5.15 Å². The lowest BCUT2D eigenvalue weighted by Gasteiger charge is -2.10. The smallest absolute Gasteiger partial charge is 0.325 e. The number of nitrogens with zero attached hydrogens (tertiary/aromatic N) is 1. The average molecular weight is 201 g/mol. The standard InChI is InChI=1S/C8H9ClN2O2/c1-5(8(12)13)11-6-3-2-4-10-7(6)9/h2-5,11H,1H3,(H,12,13). The molecule has 0 amide bonds. The zero-order valence-electron chi connectivity index (χ0n) is 6.99. The fraction of sp³-hybridized carbons (Fsp3) is 0.250. The highest BCUT2D eigenvalue weighted by molar-refractivity contribution is 6.32. The van der Waals surface area contributed by atoms with E-state index in [2.05, 4.69) is 10.3 Å². The van der Waals surface area contributed by atoms with Gasteiger partial charge in [0.15, 0.2) is 5.15 Å². The Kier molecular flexibility index (Phi) is 3.08. The zero-order valence-corrected chi connectivity index (χ0v) is 7.75. The first-order chi connectivity index (χ1) is 6.11. The molecule has 1 rings (SSSR count). The summed E-state index contributed by atoms with van der Waals surface area (Å²) in [4.78, 5) is 14.3. The molecule has 0 radical (unpaired) electrons. The molecule has 0 aliphatic heterocycles. The minimum absolute atomic E-state index is 0.274. The maximum atomic E-state index is 10.5. The molecular formula is C8H9ClN2O2. The van der Waals surface area contributed by atoms with Crippen LogP contribution in [-0.4, -0.2) is 22.1 Å². The third-order valence-corrected chi connectivity index (χ3v) is 1.80. The Balaban J connectivity index is 2.74. The SMILES string of the molecule is CC(Nc1cccnc1Cl)C(=O)O. The Morgan fingerprint density at radius 3 is 3.00 bits per heavy atom. The second kappa shape index (κ2) is 4.09. The van der Waals surface area contributed by atoms with Gasteiger partial charge in [-0.1, -0.05) is 11.6 Å². The topological polar surface area (TPSA) is 62.2 Å². The number of hydrogen-bond acceptors (Lipinski definition) is 3. The monoisotopic (exact) mass is 200 g/mol. The first-order valence-electron chi connectivity index (χ1n) is 3.71. The number of aromatic nitrogens is 1. The van der Waals surface area contributed by atoms with Crippen LogP contribution in [0.15, 0.2) is 18.3 Å². The zero-order chi connectivity index (χ0) is 9.84. The van der Waals surface area contributed by atoms with E-state index in [1.807, 2.05) is 0 Å². The number of rotatable bonds is 3. The van der Waals surface area contributed by atoms with Crippen LogP contribution >= 0.6 is 11.6 Å². The van der Waals surface area contributed by atoms with Crippen molar-refractivity contribution in [3.63, 3.8) is 0 Å². The number of hydrogen-bond donors (Lipinski definition) is 2. The van der Waals surface area contributed by atoms with E-state index in [1.54, 1.807) is 18.3 Å². The van der Waals surface area contributed by atoms with Gasteiger partial charge in [-0.2, -0.15) is 0 Å². The quantitative estimate of drug-likeness (QED) is 0.728. The van der Waals surface area contributed by atoms with Crippen LogP contribution in [0.2, 0.25) is 5.15 Å². The lowest BCUT2D eigenvalue weighted by Crippen LogP contribution is -2.25. The van der Waals surface area contributed by atoms with E-state index >= 15 is 0 Å². The maximum absolute atomic E-state index is 10.5. The van der Waals surface area contributed by atoms with Crippen molar-refractivity contribution < 1.29 is 9.90 Å². The fourth-order valence-corrected chi connectivity index (χ4v) is 0.963. The molecule has 0 bridgehead atoms. The number of carbonyl (C=O) groups is 1. The highest BCUT2D eigenvalue weighted by Gasteiger charge is 2.11. The summed E-state index contributed by atoms with van der Waals surface area (Å²) in [6.45, 7) is 1.53. The Morgan fingerprint density at radius 2 is 2.46 bits per heavy atom. The second-order valence-corrected chi connectivity index (χ2v) is 2.90. The highest BCUT2D eigenvalue weighted by atomic mass is 35.5. The Labute approximate surface area is 80.6 Å². The van der Waals surface area contributed by atoms with Gasteiger partial charge < -0.3 is 10.4 Å². The molecule has 2 N–H and O–H groups in total. The lowest BCUT2D eigenvalue weighted by molar-refractivity contribution is -0.137. The average Bonchev–Trinajstić information content (AvgIpc) is 2.08. The number of nitrogens with one attached hydrogen (secondary N) is 1. The molecule has 4 nitrogen and oxygen atoms in total. The molecule has 1 atom stereocenters. The first kappa shape index (κ1) is 9.80. The van der Waals surface area contributed by atoms with Crippen LogP contribution in [0.5, 0.6) is 0 Å². The predicted octanol–water partition coefficient (Wildman–Crippen LogP) is 1.62. The summed E-state index contributed by atoms with van der Waals surface area (Å²) in [6, 6.07) is 2.68. The first-order valence-corrected chi connectivity index (χ1v) is 4.09. The van der Waals surface area contributed by atoms with Crippen LogP contribution in [0.25, 0.3) is 0 Å². The second-order valence-electron chi connectivity index (χ2n) is 2.55. The third-order valence-electron chi connectivity index (χ3n) is 1.50. The summed E-state index contributed by atoms with van der Waals surface area (Å²) in [5, 5.41) is 11.6. The highest BCUT2D eigenvalue weighted by Crippen LogP contribution is 2.18. The molecule has 5 heteroatoms. The number of carboxylic acid groups (broad SMARTS) is 1. The molecule has 0 saturated carbocycles. The van der Waals surface area contributed by atoms with Gasteiger partial charge in [0.2, 0.25) is 0 Å². The summed E-state index contributed by atoms with van der Waals surface area (Å²) in [5.41, 5.74) is 0.527. The summed E-state index contributed by atoms with van der Waals surface area (Å²) in [7, 11) is 0. The number of pyridine rings is 1. The van der Waals surface area contributed by atoms with Crippen LogP contribution in [0.4, 0.5) is 5.69 Å². The normalized spacial score (nSPS) is 12.2. The van der Waals surface area contributed by atoms with Crippen molar-refractivity contribution in [2.45, 2.75) is 13.0 Å². The Bertz CT molecular complexity index is 317. The Morgan fingerprint density at radius 1 is 1.77 bits per heavy atom. The van der Waals surface area contributed by atoms with Crippen molar-refractivity contribution in [2.24, 2.45) is 0 Å². The number of aliphatic carboxylic acids is 1. The van der Waals surface area contributed by atoms with E-state index in [0.717, 1.165) is 0 Å². The van der Waals surface area contributed by atoms with E-state index in [1.165, 1.54) is 6.92 Å². The molecule has 1 heterocycles. The lowest BCUT2D eigenvalue weighted by atomic mass is 10.3. The molecule has 0 spiro atoms. The molecule has 0 fully saturated rings. The van der Waals surface area contributed by atoms with E-state index in [0.29, 0.717) is 5.69 Å². The van der Waals surface area contributed by atoms with E-state index in [9.17, 15) is 4.79 Å².